The minimum Gasteiger partial charge on any atom is -0.373 e. The number of ether oxygens (including phenoxy) is 1. The molecule has 0 amide bonds. The van der Waals surface area contributed by atoms with Gasteiger partial charge in [-0.25, -0.2) is 0 Å². The minimum atomic E-state index is -3.68. The average molecular weight is 355 g/mol. The van der Waals surface area contributed by atoms with E-state index in [1.54, 1.807) is 34.6 Å². The van der Waals surface area contributed by atoms with E-state index < -0.39 is 19.5 Å². The van der Waals surface area contributed by atoms with E-state index in [1.807, 2.05) is 30.3 Å². The van der Waals surface area contributed by atoms with Gasteiger partial charge in [0, 0.05) is 4.91 Å². The zero-order chi connectivity index (χ0) is 18.2. The van der Waals surface area contributed by atoms with Gasteiger partial charge in [-0.3, -0.25) is 4.57 Å². The van der Waals surface area contributed by atoms with Gasteiger partial charge in [-0.2, -0.15) is 0 Å². The highest BCUT2D eigenvalue weighted by Gasteiger charge is 2.41. The summed E-state index contributed by atoms with van der Waals surface area (Å²) < 4.78 is 30.0. The van der Waals surface area contributed by atoms with E-state index in [1.165, 1.54) is 0 Å². The molecule has 0 spiro atoms. The molecule has 0 aliphatic rings. The summed E-state index contributed by atoms with van der Waals surface area (Å²) in [4.78, 5) is 2.81. The molecule has 0 fully saturated rings. The van der Waals surface area contributed by atoms with Crippen molar-refractivity contribution < 1.29 is 18.3 Å². The van der Waals surface area contributed by atoms with Gasteiger partial charge in [0.15, 0.2) is 5.78 Å². The van der Waals surface area contributed by atoms with E-state index >= 15 is 0 Å². The fourth-order valence-electron chi connectivity index (χ4n) is 2.09. The molecule has 8 heteroatoms. The lowest BCUT2D eigenvalue weighted by molar-refractivity contribution is 0.0381. The zero-order valence-corrected chi connectivity index (χ0v) is 15.7. The summed E-state index contributed by atoms with van der Waals surface area (Å²) >= 11 is 0. The highest BCUT2D eigenvalue weighted by Crippen LogP contribution is 2.57. The smallest absolute Gasteiger partial charge is 0.342 e. The molecule has 0 bridgehead atoms. The van der Waals surface area contributed by atoms with Crippen molar-refractivity contribution in [2.75, 3.05) is 0 Å². The Balaban J connectivity index is 2.95. The Bertz CT molecular complexity index is 574. The summed E-state index contributed by atoms with van der Waals surface area (Å²) in [6.07, 6.45) is -1.32. The van der Waals surface area contributed by atoms with Gasteiger partial charge in [0.1, 0.15) is 0 Å². The second kappa shape index (κ2) is 9.82. The third kappa shape index (κ3) is 6.63. The summed E-state index contributed by atoms with van der Waals surface area (Å²) in [6.45, 7) is 9.00. The highest BCUT2D eigenvalue weighted by atomic mass is 31.2. The number of benzene rings is 1. The van der Waals surface area contributed by atoms with Gasteiger partial charge in [-0.05, 0) is 45.7 Å². The van der Waals surface area contributed by atoms with Crippen LogP contribution in [0.15, 0.2) is 35.4 Å². The van der Waals surface area contributed by atoms with Crippen LogP contribution in [0.5, 0.6) is 0 Å². The molecule has 0 unspecified atom stereocenters. The first-order chi connectivity index (χ1) is 11.3. The lowest BCUT2D eigenvalue weighted by Gasteiger charge is -2.30. The zero-order valence-electron chi connectivity index (χ0n) is 14.8. The molecule has 0 aromatic heterocycles. The van der Waals surface area contributed by atoms with Crippen LogP contribution in [-0.4, -0.2) is 24.1 Å². The topological polar surface area (TPSA) is 93.5 Å². The molecule has 0 saturated heterocycles. The normalized spacial score (nSPS) is 14.5. The van der Waals surface area contributed by atoms with Gasteiger partial charge in [0.25, 0.3) is 0 Å². The van der Waals surface area contributed by atoms with Crippen LogP contribution in [0, 0.1) is 0 Å². The molecule has 1 aromatic carbocycles. The maximum atomic E-state index is 13.2. The van der Waals surface area contributed by atoms with Crippen molar-refractivity contribution in [2.45, 2.75) is 65.3 Å². The molecule has 134 valence electrons. The first kappa shape index (κ1) is 20.7. The van der Waals surface area contributed by atoms with Gasteiger partial charge in [-0.15, -0.1) is 0 Å². The Labute approximate surface area is 143 Å². The van der Waals surface area contributed by atoms with Crippen molar-refractivity contribution in [1.29, 1.82) is 0 Å². The molecule has 0 heterocycles. The Morgan fingerprint density at radius 1 is 1.08 bits per heavy atom. The quantitative estimate of drug-likeness (QED) is 0.247. The Morgan fingerprint density at radius 2 is 1.62 bits per heavy atom. The molecule has 24 heavy (non-hydrogen) atoms. The molecular weight excluding hydrogens is 329 g/mol. The number of hydrogen-bond donors (Lipinski definition) is 0. The van der Waals surface area contributed by atoms with Crippen LogP contribution in [-0.2, 0) is 25.0 Å². The standard InChI is InChI=1S/C16H26N3O4P/c1-12(2)22-24(20,23-13(3)4)16(18-19-17)14(5)21-11-15-9-7-6-8-10-15/h6-10,12-14,16H,11H2,1-5H3/t14-,16+/m0/s1. The predicted octanol–water partition coefficient (Wildman–Crippen LogP) is 5.27. The largest absolute Gasteiger partial charge is 0.373 e. The summed E-state index contributed by atoms with van der Waals surface area (Å²) in [6, 6.07) is 9.57. The first-order valence-electron chi connectivity index (χ1n) is 7.94. The third-order valence-corrected chi connectivity index (χ3v) is 5.59. The summed E-state index contributed by atoms with van der Waals surface area (Å²) in [5.41, 5.74) is 9.84. The summed E-state index contributed by atoms with van der Waals surface area (Å²) in [5, 5.41) is 3.66. The average Bonchev–Trinajstić information content (AvgIpc) is 2.49. The van der Waals surface area contributed by atoms with Crippen molar-refractivity contribution in [3.8, 4) is 0 Å². The maximum absolute atomic E-state index is 13.2. The van der Waals surface area contributed by atoms with Crippen LogP contribution in [0.4, 0.5) is 0 Å². The molecule has 1 rings (SSSR count). The third-order valence-electron chi connectivity index (χ3n) is 2.99. The van der Waals surface area contributed by atoms with Crippen LogP contribution in [0.1, 0.15) is 40.2 Å². The summed E-state index contributed by atoms with van der Waals surface area (Å²) in [7, 11) is -3.68. The van der Waals surface area contributed by atoms with Crippen LogP contribution in [0.2, 0.25) is 0 Å². The van der Waals surface area contributed by atoms with Crippen LogP contribution in [0.3, 0.4) is 0 Å². The SMILES string of the molecule is CC(C)OP(=O)(OC(C)C)[C@@H](N=[N+]=[N-])[C@H](C)OCc1ccccc1. The predicted molar refractivity (Wildman–Crippen MR) is 93.7 cm³/mol. The van der Waals surface area contributed by atoms with Gasteiger partial charge >= 0.3 is 7.60 Å². The van der Waals surface area contributed by atoms with Crippen molar-refractivity contribution >= 4 is 7.60 Å². The second-order valence-corrected chi connectivity index (χ2v) is 8.00. The Kier molecular flexibility index (Phi) is 8.46. The molecule has 1 aromatic rings. The van der Waals surface area contributed by atoms with Crippen LogP contribution in [0.25, 0.3) is 10.4 Å². The first-order valence-corrected chi connectivity index (χ1v) is 9.56. The van der Waals surface area contributed by atoms with Gasteiger partial charge < -0.3 is 13.8 Å². The molecule has 0 aliphatic heterocycles. The van der Waals surface area contributed by atoms with Crippen molar-refractivity contribution in [1.82, 2.24) is 0 Å². The molecule has 2 atom stereocenters. The van der Waals surface area contributed by atoms with Gasteiger partial charge in [-0.1, -0.05) is 35.4 Å². The molecule has 0 aliphatic carbocycles. The van der Waals surface area contributed by atoms with Crippen molar-refractivity contribution in [2.24, 2.45) is 5.11 Å². The van der Waals surface area contributed by atoms with Gasteiger partial charge in [0.2, 0.25) is 0 Å². The van der Waals surface area contributed by atoms with Gasteiger partial charge in [0.05, 0.1) is 24.9 Å². The summed E-state index contributed by atoms with van der Waals surface area (Å²) in [5.74, 6) is -1.06. The van der Waals surface area contributed by atoms with E-state index in [0.717, 1.165) is 5.56 Å². The lowest BCUT2D eigenvalue weighted by Crippen LogP contribution is -2.28. The minimum absolute atomic E-state index is 0.308. The fourth-order valence-corrected chi connectivity index (χ4v) is 4.34. The van der Waals surface area contributed by atoms with E-state index in [2.05, 4.69) is 10.0 Å². The fraction of sp³-hybridized carbons (Fsp3) is 0.625. The van der Waals surface area contributed by atoms with E-state index in [-0.39, 0.29) is 12.2 Å². The number of azide groups is 1. The molecule has 0 N–H and O–H groups in total. The number of hydrogen-bond acceptors (Lipinski definition) is 5. The molecule has 7 nitrogen and oxygen atoms in total. The second-order valence-electron chi connectivity index (χ2n) is 5.97. The van der Waals surface area contributed by atoms with E-state index in [4.69, 9.17) is 19.3 Å². The molecular formula is C16H26N3O4P. The molecule has 0 radical (unpaired) electrons. The number of rotatable bonds is 10. The highest BCUT2D eigenvalue weighted by molar-refractivity contribution is 7.54. The van der Waals surface area contributed by atoms with Crippen molar-refractivity contribution in [3.05, 3.63) is 46.3 Å². The Morgan fingerprint density at radius 3 is 2.08 bits per heavy atom. The maximum Gasteiger partial charge on any atom is 0.342 e. The van der Waals surface area contributed by atoms with Crippen LogP contribution >= 0.6 is 7.60 Å². The van der Waals surface area contributed by atoms with E-state index in [9.17, 15) is 4.57 Å². The Hall–Kier alpha value is -1.36. The van der Waals surface area contributed by atoms with Crippen LogP contribution < -0.4 is 0 Å². The van der Waals surface area contributed by atoms with Crippen molar-refractivity contribution in [3.63, 3.8) is 0 Å². The lowest BCUT2D eigenvalue weighted by atomic mass is 10.2. The monoisotopic (exact) mass is 355 g/mol. The number of nitrogens with zero attached hydrogens (tertiary/aromatic N) is 3. The molecule has 0 saturated carbocycles. The van der Waals surface area contributed by atoms with E-state index in [0.29, 0.717) is 6.61 Å².